The summed E-state index contributed by atoms with van der Waals surface area (Å²) in [6, 6.07) is 16.5. The fourth-order valence-electron chi connectivity index (χ4n) is 3.83. The first-order valence-electron chi connectivity index (χ1n) is 10.7. The molecule has 2 heterocycles. The Balaban J connectivity index is 1.65. The molecule has 4 rings (SSSR count). The van der Waals surface area contributed by atoms with E-state index in [0.717, 1.165) is 55.4 Å². The van der Waals surface area contributed by atoms with Crippen LogP contribution in [0.5, 0.6) is 5.75 Å². The molecule has 0 saturated carbocycles. The van der Waals surface area contributed by atoms with E-state index in [1.54, 1.807) is 0 Å². The Labute approximate surface area is 178 Å². The summed E-state index contributed by atoms with van der Waals surface area (Å²) in [5, 5.41) is 3.51. The number of likely N-dealkylation sites (tertiary alicyclic amines) is 1. The minimum atomic E-state index is -0.386. The maximum Gasteiger partial charge on any atom is 0.222 e. The van der Waals surface area contributed by atoms with Gasteiger partial charge >= 0.3 is 0 Å². The van der Waals surface area contributed by atoms with Crippen LogP contribution in [0.1, 0.15) is 32.3 Å². The standard InChI is InChI=1S/C23H30N6O/c1-3-17-7-11-19(12-8-17)29-22(25-18-9-13-20(14-10-18)30-4-2)26-21(24)27-23(29)28-15-5-6-16-28/h7-14,22,25H,3-6,15-16H2,1-2H3,(H2,24,26). The van der Waals surface area contributed by atoms with Crippen molar-refractivity contribution in [3.63, 3.8) is 0 Å². The van der Waals surface area contributed by atoms with Crippen molar-refractivity contribution in [2.24, 2.45) is 15.7 Å². The number of aryl methyl sites for hydroxylation is 1. The third-order valence-corrected chi connectivity index (χ3v) is 5.40. The molecule has 7 nitrogen and oxygen atoms in total. The van der Waals surface area contributed by atoms with Gasteiger partial charge in [-0.1, -0.05) is 19.1 Å². The van der Waals surface area contributed by atoms with Gasteiger partial charge in [0, 0.05) is 24.5 Å². The molecular formula is C23H30N6O. The third kappa shape index (κ3) is 4.35. The van der Waals surface area contributed by atoms with Crippen LogP contribution >= 0.6 is 0 Å². The van der Waals surface area contributed by atoms with Crippen molar-refractivity contribution in [2.75, 3.05) is 29.9 Å². The lowest BCUT2D eigenvalue weighted by atomic mass is 10.1. The van der Waals surface area contributed by atoms with Gasteiger partial charge in [0.25, 0.3) is 0 Å². The second kappa shape index (κ2) is 9.07. The molecule has 1 fully saturated rings. The number of anilines is 2. The lowest BCUT2D eigenvalue weighted by Crippen LogP contribution is -2.54. The highest BCUT2D eigenvalue weighted by atomic mass is 16.5. The molecule has 158 valence electrons. The minimum Gasteiger partial charge on any atom is -0.494 e. The van der Waals surface area contributed by atoms with Crippen LogP contribution in [-0.4, -0.2) is 42.8 Å². The number of aliphatic imine (C=N–C) groups is 2. The zero-order valence-corrected chi connectivity index (χ0v) is 17.7. The predicted molar refractivity (Wildman–Crippen MR) is 123 cm³/mol. The fraction of sp³-hybridized carbons (Fsp3) is 0.391. The number of nitrogens with two attached hydrogens (primary N) is 1. The summed E-state index contributed by atoms with van der Waals surface area (Å²) < 4.78 is 5.55. The number of nitrogens with one attached hydrogen (secondary N) is 1. The van der Waals surface area contributed by atoms with Gasteiger partial charge in [-0.15, -0.1) is 0 Å². The average Bonchev–Trinajstić information content (AvgIpc) is 3.30. The van der Waals surface area contributed by atoms with Crippen molar-refractivity contribution >= 4 is 23.3 Å². The summed E-state index contributed by atoms with van der Waals surface area (Å²) in [5.74, 6) is 2.00. The summed E-state index contributed by atoms with van der Waals surface area (Å²) in [7, 11) is 0. The Morgan fingerprint density at radius 1 is 1.03 bits per heavy atom. The van der Waals surface area contributed by atoms with Gasteiger partial charge in [-0.3, -0.25) is 4.90 Å². The molecule has 1 atom stereocenters. The highest BCUT2D eigenvalue weighted by Crippen LogP contribution is 2.26. The van der Waals surface area contributed by atoms with Crippen molar-refractivity contribution in [3.05, 3.63) is 54.1 Å². The molecule has 30 heavy (non-hydrogen) atoms. The molecule has 0 aromatic heterocycles. The highest BCUT2D eigenvalue weighted by Gasteiger charge is 2.32. The van der Waals surface area contributed by atoms with E-state index < -0.39 is 0 Å². The molecule has 0 amide bonds. The fourth-order valence-corrected chi connectivity index (χ4v) is 3.83. The van der Waals surface area contributed by atoms with Crippen LogP contribution < -0.4 is 20.7 Å². The number of rotatable bonds is 6. The molecule has 2 aromatic rings. The third-order valence-electron chi connectivity index (χ3n) is 5.40. The first-order chi connectivity index (χ1) is 14.7. The number of ether oxygens (including phenoxy) is 1. The quantitative estimate of drug-likeness (QED) is 0.766. The summed E-state index contributed by atoms with van der Waals surface area (Å²) in [4.78, 5) is 13.7. The van der Waals surface area contributed by atoms with Gasteiger partial charge in [-0.25, -0.2) is 4.99 Å². The summed E-state index contributed by atoms with van der Waals surface area (Å²) in [6.07, 6.45) is 2.95. The lowest BCUT2D eigenvalue weighted by Gasteiger charge is -2.38. The van der Waals surface area contributed by atoms with Crippen molar-refractivity contribution < 1.29 is 4.74 Å². The molecule has 1 unspecified atom stereocenters. The van der Waals surface area contributed by atoms with E-state index in [1.165, 1.54) is 5.56 Å². The monoisotopic (exact) mass is 406 g/mol. The van der Waals surface area contributed by atoms with Gasteiger partial charge in [0.05, 0.1) is 6.61 Å². The van der Waals surface area contributed by atoms with E-state index in [-0.39, 0.29) is 6.29 Å². The smallest absolute Gasteiger partial charge is 0.222 e. The van der Waals surface area contributed by atoms with Gasteiger partial charge < -0.3 is 20.7 Å². The van der Waals surface area contributed by atoms with E-state index in [4.69, 9.17) is 10.5 Å². The first-order valence-corrected chi connectivity index (χ1v) is 10.7. The first kappa shape index (κ1) is 20.1. The van der Waals surface area contributed by atoms with Crippen molar-refractivity contribution in [1.29, 1.82) is 0 Å². The number of hydrogen-bond acceptors (Lipinski definition) is 7. The zero-order chi connectivity index (χ0) is 20.9. The molecule has 7 heteroatoms. The van der Waals surface area contributed by atoms with Gasteiger partial charge in [0.1, 0.15) is 5.75 Å². The minimum absolute atomic E-state index is 0.293. The Morgan fingerprint density at radius 2 is 1.73 bits per heavy atom. The van der Waals surface area contributed by atoms with Crippen LogP contribution in [0.4, 0.5) is 11.4 Å². The lowest BCUT2D eigenvalue weighted by molar-refractivity contribution is 0.340. The van der Waals surface area contributed by atoms with Crippen LogP contribution in [0, 0.1) is 0 Å². The molecule has 2 aromatic carbocycles. The molecule has 0 aliphatic carbocycles. The predicted octanol–water partition coefficient (Wildman–Crippen LogP) is 3.63. The van der Waals surface area contributed by atoms with E-state index in [0.29, 0.717) is 12.6 Å². The largest absolute Gasteiger partial charge is 0.494 e. The molecule has 2 aliphatic heterocycles. The van der Waals surface area contributed by atoms with E-state index in [1.807, 2.05) is 31.2 Å². The van der Waals surface area contributed by atoms with Crippen LogP contribution in [0.3, 0.4) is 0 Å². The van der Waals surface area contributed by atoms with Gasteiger partial charge in [-0.05, 0) is 68.1 Å². The van der Waals surface area contributed by atoms with E-state index in [9.17, 15) is 0 Å². The molecule has 3 N–H and O–H groups in total. The Morgan fingerprint density at radius 3 is 2.37 bits per heavy atom. The summed E-state index contributed by atoms with van der Waals surface area (Å²) in [5.41, 5.74) is 9.42. The number of nitrogens with zero attached hydrogens (tertiary/aromatic N) is 4. The van der Waals surface area contributed by atoms with E-state index >= 15 is 0 Å². The van der Waals surface area contributed by atoms with Crippen LogP contribution in [-0.2, 0) is 6.42 Å². The molecular weight excluding hydrogens is 376 g/mol. The topological polar surface area (TPSA) is 78.5 Å². The van der Waals surface area contributed by atoms with Crippen molar-refractivity contribution in [1.82, 2.24) is 4.90 Å². The second-order valence-electron chi connectivity index (χ2n) is 7.46. The summed E-state index contributed by atoms with van der Waals surface area (Å²) >= 11 is 0. The van der Waals surface area contributed by atoms with Crippen LogP contribution in [0.2, 0.25) is 0 Å². The maximum atomic E-state index is 6.14. The van der Waals surface area contributed by atoms with Gasteiger partial charge in [0.2, 0.25) is 18.2 Å². The molecule has 0 spiro atoms. The number of hydrogen-bond donors (Lipinski definition) is 2. The Hall–Kier alpha value is -3.22. The molecule has 0 bridgehead atoms. The Kier molecular flexibility index (Phi) is 6.07. The number of guanidine groups is 2. The van der Waals surface area contributed by atoms with Crippen LogP contribution in [0.15, 0.2) is 58.5 Å². The normalized spacial score (nSPS) is 18.8. The van der Waals surface area contributed by atoms with Crippen molar-refractivity contribution in [3.8, 4) is 5.75 Å². The van der Waals surface area contributed by atoms with Crippen LogP contribution in [0.25, 0.3) is 0 Å². The number of benzene rings is 2. The SMILES string of the molecule is CCOc1ccc(NC2N=C(N)N=C(N3CCCC3)N2c2ccc(CC)cc2)cc1. The molecule has 2 aliphatic rings. The van der Waals surface area contributed by atoms with Gasteiger partial charge in [0.15, 0.2) is 0 Å². The summed E-state index contributed by atoms with van der Waals surface area (Å²) in [6.45, 7) is 6.74. The maximum absolute atomic E-state index is 6.14. The molecule has 0 radical (unpaired) electrons. The van der Waals surface area contributed by atoms with Crippen molar-refractivity contribution in [2.45, 2.75) is 39.4 Å². The highest BCUT2D eigenvalue weighted by molar-refractivity contribution is 6.06. The second-order valence-corrected chi connectivity index (χ2v) is 7.46. The van der Waals surface area contributed by atoms with Gasteiger partial charge in [-0.2, -0.15) is 4.99 Å². The van der Waals surface area contributed by atoms with E-state index in [2.05, 4.69) is 56.3 Å². The average molecular weight is 407 g/mol. The Bertz CT molecular complexity index is 900. The molecule has 1 saturated heterocycles. The zero-order valence-electron chi connectivity index (χ0n) is 17.7.